The normalized spacial score (nSPS) is 16.7. The lowest BCUT2D eigenvalue weighted by Crippen LogP contribution is -2.29. The summed E-state index contributed by atoms with van der Waals surface area (Å²) in [6, 6.07) is 13.1. The van der Waals surface area contributed by atoms with Crippen LogP contribution in [0.5, 0.6) is 0 Å². The summed E-state index contributed by atoms with van der Waals surface area (Å²) in [6.45, 7) is 5.85. The molecule has 1 fully saturated rings. The maximum atomic E-state index is 12.3. The molecular formula is C26H29N5O3. The summed E-state index contributed by atoms with van der Waals surface area (Å²) in [5.74, 6) is 0.241. The van der Waals surface area contributed by atoms with E-state index in [1.165, 1.54) is 19.3 Å². The number of amidine groups is 1. The largest absolute Gasteiger partial charge is 0.509 e. The van der Waals surface area contributed by atoms with Gasteiger partial charge in [-0.3, -0.25) is 5.41 Å². The third kappa shape index (κ3) is 4.11. The van der Waals surface area contributed by atoms with Gasteiger partial charge >= 0.3 is 5.97 Å². The number of carbonyl (C=O) groups excluding carboxylic acids is 1. The minimum atomic E-state index is -0.415. The average Bonchev–Trinajstić information content (AvgIpc) is 3.38. The van der Waals surface area contributed by atoms with Crippen molar-refractivity contribution < 1.29 is 14.6 Å². The Hall–Kier alpha value is -3.81. The Morgan fingerprint density at radius 1 is 1.12 bits per heavy atom. The number of esters is 1. The van der Waals surface area contributed by atoms with Gasteiger partial charge in [-0.25, -0.2) is 9.78 Å². The second kappa shape index (κ2) is 8.85. The number of aliphatic hydroxyl groups excluding tert-OH is 1. The van der Waals surface area contributed by atoms with Crippen LogP contribution >= 0.6 is 0 Å². The molecule has 176 valence electrons. The molecule has 34 heavy (non-hydrogen) atoms. The first-order valence-electron chi connectivity index (χ1n) is 11.8. The van der Waals surface area contributed by atoms with Gasteiger partial charge in [0.25, 0.3) is 0 Å². The third-order valence-corrected chi connectivity index (χ3v) is 6.26. The highest BCUT2D eigenvalue weighted by atomic mass is 16.5. The molecule has 0 amide bonds. The molecule has 1 aromatic heterocycles. The lowest BCUT2D eigenvalue weighted by Gasteiger charge is -2.28. The van der Waals surface area contributed by atoms with Gasteiger partial charge in [-0.1, -0.05) is 6.07 Å². The summed E-state index contributed by atoms with van der Waals surface area (Å²) in [4.78, 5) is 24.3. The van der Waals surface area contributed by atoms with Crippen LogP contribution in [0.4, 0.5) is 11.4 Å². The van der Waals surface area contributed by atoms with Crippen LogP contribution in [0.2, 0.25) is 0 Å². The van der Waals surface area contributed by atoms with Crippen LogP contribution in [0.25, 0.3) is 16.6 Å². The van der Waals surface area contributed by atoms with Crippen LogP contribution < -0.4 is 9.80 Å². The number of nitrogens with one attached hydrogen (secondary N) is 2. The Bertz CT molecular complexity index is 1290. The van der Waals surface area contributed by atoms with Crippen molar-refractivity contribution in [1.29, 1.82) is 5.41 Å². The number of fused-ring (bicyclic) bond motifs is 1. The van der Waals surface area contributed by atoms with Gasteiger partial charge in [0.15, 0.2) is 0 Å². The summed E-state index contributed by atoms with van der Waals surface area (Å²) in [7, 11) is 0. The summed E-state index contributed by atoms with van der Waals surface area (Å²) in [5, 5.41) is 19.5. The van der Waals surface area contributed by atoms with E-state index in [9.17, 15) is 9.90 Å². The van der Waals surface area contributed by atoms with Gasteiger partial charge in [0.05, 0.1) is 34.8 Å². The van der Waals surface area contributed by atoms with E-state index in [2.05, 4.69) is 27.0 Å². The Morgan fingerprint density at radius 3 is 2.68 bits per heavy atom. The van der Waals surface area contributed by atoms with Crippen LogP contribution in [0.1, 0.15) is 49.3 Å². The number of aromatic amines is 1. The highest BCUT2D eigenvalue weighted by Gasteiger charge is 2.31. The first-order valence-corrected chi connectivity index (χ1v) is 11.8. The van der Waals surface area contributed by atoms with Crippen molar-refractivity contribution in [2.75, 3.05) is 29.4 Å². The Labute approximate surface area is 198 Å². The molecule has 2 aromatic carbocycles. The molecule has 3 heterocycles. The third-order valence-electron chi connectivity index (χ3n) is 6.26. The molecule has 0 unspecified atom stereocenters. The Balaban J connectivity index is 1.40. The number of anilines is 2. The zero-order valence-corrected chi connectivity index (χ0v) is 19.5. The molecule has 3 aromatic rings. The molecule has 0 atom stereocenters. The van der Waals surface area contributed by atoms with Crippen LogP contribution in [0, 0.1) is 5.41 Å². The van der Waals surface area contributed by atoms with E-state index in [4.69, 9.17) is 10.1 Å². The Kier molecular flexibility index (Phi) is 5.73. The zero-order valence-electron chi connectivity index (χ0n) is 19.5. The van der Waals surface area contributed by atoms with Gasteiger partial charge in [-0.2, -0.15) is 0 Å². The Morgan fingerprint density at radius 2 is 1.91 bits per heavy atom. The summed E-state index contributed by atoms with van der Waals surface area (Å²) < 4.78 is 5.29. The van der Waals surface area contributed by atoms with Crippen molar-refractivity contribution in [1.82, 2.24) is 9.97 Å². The number of aliphatic hydroxyl groups is 1. The smallest absolute Gasteiger partial charge is 0.338 e. The minimum absolute atomic E-state index is 0.0653. The second-order valence-corrected chi connectivity index (χ2v) is 9.10. The SMILES string of the molecule is CC(C)OC(=O)c1cccc(N2CC(O)=C(c3nc4ccc(N5CCCCC5)cc4[nH]3)C2=N)c1. The van der Waals surface area contributed by atoms with E-state index in [0.29, 0.717) is 22.6 Å². The molecule has 0 spiro atoms. The number of H-pyrrole nitrogens is 1. The molecular weight excluding hydrogens is 430 g/mol. The molecule has 0 saturated carbocycles. The maximum absolute atomic E-state index is 12.3. The molecule has 0 bridgehead atoms. The number of benzene rings is 2. The summed E-state index contributed by atoms with van der Waals surface area (Å²) in [5.41, 5.74) is 4.23. The van der Waals surface area contributed by atoms with Crippen molar-refractivity contribution in [2.45, 2.75) is 39.2 Å². The van der Waals surface area contributed by atoms with Gasteiger partial charge in [0.1, 0.15) is 17.4 Å². The van der Waals surface area contributed by atoms with Crippen molar-refractivity contribution in [3.63, 3.8) is 0 Å². The standard InChI is InChI=1S/C26H29N5O3/c1-16(2)34-26(33)17-7-6-8-19(13-17)31-15-22(32)23(24(31)27)25-28-20-10-9-18(14-21(20)29-25)30-11-4-3-5-12-30/h6-10,13-14,16,27,32H,3-5,11-12,15H2,1-2H3,(H,28,29). The second-order valence-electron chi connectivity index (χ2n) is 9.10. The predicted molar refractivity (Wildman–Crippen MR) is 134 cm³/mol. The predicted octanol–water partition coefficient (Wildman–Crippen LogP) is 4.88. The maximum Gasteiger partial charge on any atom is 0.338 e. The average molecular weight is 460 g/mol. The number of hydrogen-bond donors (Lipinski definition) is 3. The fourth-order valence-electron chi connectivity index (χ4n) is 4.60. The van der Waals surface area contributed by atoms with Crippen molar-refractivity contribution in [2.24, 2.45) is 0 Å². The fraction of sp³-hybridized carbons (Fsp3) is 0.346. The van der Waals surface area contributed by atoms with Crippen molar-refractivity contribution in [3.8, 4) is 0 Å². The fourth-order valence-corrected chi connectivity index (χ4v) is 4.60. The monoisotopic (exact) mass is 459 g/mol. The van der Waals surface area contributed by atoms with Gasteiger partial charge in [0, 0.05) is 24.5 Å². The number of hydrogen-bond acceptors (Lipinski definition) is 6. The molecule has 2 aliphatic heterocycles. The van der Waals surface area contributed by atoms with Gasteiger partial charge in [-0.05, 0) is 69.5 Å². The van der Waals surface area contributed by atoms with Crippen molar-refractivity contribution >= 4 is 39.8 Å². The lowest BCUT2D eigenvalue weighted by atomic mass is 10.1. The summed E-state index contributed by atoms with van der Waals surface area (Å²) in [6.07, 6.45) is 3.47. The quantitative estimate of drug-likeness (QED) is 0.470. The molecule has 0 radical (unpaired) electrons. The molecule has 5 rings (SSSR count). The molecule has 3 N–H and O–H groups in total. The van der Waals surface area contributed by atoms with Gasteiger partial charge in [0.2, 0.25) is 0 Å². The van der Waals surface area contributed by atoms with Gasteiger partial charge < -0.3 is 24.6 Å². The van der Waals surface area contributed by atoms with Crippen LogP contribution in [-0.2, 0) is 4.74 Å². The van der Waals surface area contributed by atoms with E-state index in [-0.39, 0.29) is 24.2 Å². The number of imidazole rings is 1. The number of ether oxygens (including phenoxy) is 1. The van der Waals surface area contributed by atoms with E-state index < -0.39 is 5.97 Å². The number of nitrogens with zero attached hydrogens (tertiary/aromatic N) is 3. The highest BCUT2D eigenvalue weighted by molar-refractivity contribution is 6.30. The van der Waals surface area contributed by atoms with Crippen LogP contribution in [0.3, 0.4) is 0 Å². The number of rotatable bonds is 5. The van der Waals surface area contributed by atoms with E-state index in [1.54, 1.807) is 43.0 Å². The minimum Gasteiger partial charge on any atom is -0.509 e. The van der Waals surface area contributed by atoms with Crippen molar-refractivity contribution in [3.05, 3.63) is 59.6 Å². The van der Waals surface area contributed by atoms with E-state index in [1.807, 2.05) is 6.07 Å². The lowest BCUT2D eigenvalue weighted by molar-refractivity contribution is 0.0378. The molecule has 8 heteroatoms. The highest BCUT2D eigenvalue weighted by Crippen LogP contribution is 2.32. The number of piperidine rings is 1. The molecule has 2 aliphatic rings. The molecule has 0 aliphatic carbocycles. The first kappa shape index (κ1) is 22.0. The van der Waals surface area contributed by atoms with Crippen LogP contribution in [-0.4, -0.2) is 52.6 Å². The first-order chi connectivity index (χ1) is 16.4. The number of aromatic nitrogens is 2. The molecule has 8 nitrogen and oxygen atoms in total. The topological polar surface area (TPSA) is 106 Å². The zero-order chi connectivity index (χ0) is 23.8. The van der Waals surface area contributed by atoms with Gasteiger partial charge in [-0.15, -0.1) is 0 Å². The van der Waals surface area contributed by atoms with E-state index in [0.717, 1.165) is 29.8 Å². The summed E-state index contributed by atoms with van der Waals surface area (Å²) >= 11 is 0. The number of carbonyl (C=O) groups is 1. The molecule has 1 saturated heterocycles. The van der Waals surface area contributed by atoms with E-state index >= 15 is 0 Å². The van der Waals surface area contributed by atoms with Crippen LogP contribution in [0.15, 0.2) is 48.2 Å².